The first kappa shape index (κ1) is 18.6. The Kier molecular flexibility index (Phi) is 5.36. The average Bonchev–Trinajstić information content (AvgIpc) is 3.31. The molecule has 5 nitrogen and oxygen atoms in total. The monoisotopic (exact) mass is 396 g/mol. The number of pyridine rings is 1. The molecule has 1 N–H and O–H groups in total. The van der Waals surface area contributed by atoms with Crippen LogP contribution in [0.1, 0.15) is 23.5 Å². The van der Waals surface area contributed by atoms with Crippen molar-refractivity contribution in [3.05, 3.63) is 84.2 Å². The molecule has 1 fully saturated rings. The van der Waals surface area contributed by atoms with Crippen molar-refractivity contribution >= 4 is 17.3 Å². The average molecular weight is 396 g/mol. The Hall–Kier alpha value is -2.77. The quantitative estimate of drug-likeness (QED) is 0.645. The van der Waals surface area contributed by atoms with Gasteiger partial charge in [-0.1, -0.05) is 18.2 Å². The van der Waals surface area contributed by atoms with Gasteiger partial charge in [0.2, 0.25) is 0 Å². The smallest absolute Gasteiger partial charge is 0.170 e. The van der Waals surface area contributed by atoms with Crippen LogP contribution in [-0.2, 0) is 4.74 Å². The van der Waals surface area contributed by atoms with Gasteiger partial charge >= 0.3 is 0 Å². The number of halogens is 1. The van der Waals surface area contributed by atoms with Gasteiger partial charge in [-0.2, -0.15) is 0 Å². The number of nitrogens with zero attached hydrogens (tertiary/aromatic N) is 3. The Labute approximate surface area is 168 Å². The van der Waals surface area contributed by atoms with Gasteiger partial charge in [-0.25, -0.2) is 4.39 Å². The van der Waals surface area contributed by atoms with Crippen molar-refractivity contribution in [1.29, 1.82) is 0 Å². The molecule has 1 saturated heterocycles. The zero-order valence-corrected chi connectivity index (χ0v) is 16.3. The summed E-state index contributed by atoms with van der Waals surface area (Å²) in [6, 6.07) is 16.2. The Balaban J connectivity index is 1.81. The van der Waals surface area contributed by atoms with Crippen LogP contribution in [-0.4, -0.2) is 39.8 Å². The molecule has 144 valence electrons. The molecule has 7 heteroatoms. The van der Waals surface area contributed by atoms with E-state index in [-0.39, 0.29) is 17.9 Å². The topological polar surface area (TPSA) is 42.3 Å². The number of rotatable bonds is 6. The molecule has 0 unspecified atom stereocenters. The minimum absolute atomic E-state index is 0.146. The highest BCUT2D eigenvalue weighted by molar-refractivity contribution is 7.80. The van der Waals surface area contributed by atoms with Crippen molar-refractivity contribution in [1.82, 2.24) is 19.8 Å². The van der Waals surface area contributed by atoms with Gasteiger partial charge in [0.25, 0.3) is 0 Å². The molecule has 1 aromatic carbocycles. The number of thiocarbonyl (C=S) groups is 1. The van der Waals surface area contributed by atoms with Gasteiger partial charge in [-0.3, -0.25) is 4.98 Å². The van der Waals surface area contributed by atoms with E-state index in [1.165, 1.54) is 6.07 Å². The maximum atomic E-state index is 14.5. The highest BCUT2D eigenvalue weighted by Crippen LogP contribution is 2.39. The molecule has 2 aromatic heterocycles. The third kappa shape index (κ3) is 3.39. The molecule has 0 bridgehead atoms. The first-order chi connectivity index (χ1) is 13.7. The summed E-state index contributed by atoms with van der Waals surface area (Å²) in [5.41, 5.74) is 2.33. The van der Waals surface area contributed by atoms with Crippen molar-refractivity contribution in [2.75, 3.05) is 20.3 Å². The van der Waals surface area contributed by atoms with E-state index in [0.29, 0.717) is 24.0 Å². The Morgan fingerprint density at radius 3 is 2.71 bits per heavy atom. The second-order valence-corrected chi connectivity index (χ2v) is 6.95. The van der Waals surface area contributed by atoms with Crippen molar-refractivity contribution < 1.29 is 9.13 Å². The lowest BCUT2D eigenvalue weighted by molar-refractivity contribution is 0.163. The summed E-state index contributed by atoms with van der Waals surface area (Å²) < 4.78 is 21.7. The number of nitrogens with one attached hydrogen (secondary N) is 1. The summed E-state index contributed by atoms with van der Waals surface area (Å²) in [5, 5.41) is 4.03. The predicted molar refractivity (Wildman–Crippen MR) is 110 cm³/mol. The van der Waals surface area contributed by atoms with Crippen LogP contribution in [0.2, 0.25) is 0 Å². The predicted octanol–water partition coefficient (Wildman–Crippen LogP) is 3.63. The SMILES string of the molecule is COCCN1C(=S)N[C@H](c2ccccn2)[C@@H]1c1cccn1-c1ccccc1F. The van der Waals surface area contributed by atoms with Crippen LogP contribution in [0, 0.1) is 5.82 Å². The molecule has 1 aliphatic rings. The molecular formula is C21H21FN4OS. The van der Waals surface area contributed by atoms with E-state index < -0.39 is 0 Å². The maximum absolute atomic E-state index is 14.5. The number of para-hydroxylation sites is 1. The highest BCUT2D eigenvalue weighted by Gasteiger charge is 2.41. The molecular weight excluding hydrogens is 375 g/mol. The van der Waals surface area contributed by atoms with Gasteiger partial charge in [-0.15, -0.1) is 0 Å². The van der Waals surface area contributed by atoms with Crippen LogP contribution in [0.5, 0.6) is 0 Å². The Morgan fingerprint density at radius 1 is 1.14 bits per heavy atom. The van der Waals surface area contributed by atoms with Gasteiger partial charge < -0.3 is 19.5 Å². The molecule has 1 aliphatic heterocycles. The van der Waals surface area contributed by atoms with Gasteiger partial charge in [0, 0.05) is 31.7 Å². The molecule has 0 spiro atoms. The van der Waals surface area contributed by atoms with Gasteiger partial charge in [0.15, 0.2) is 5.11 Å². The third-order valence-electron chi connectivity index (χ3n) is 4.93. The van der Waals surface area contributed by atoms with Crippen molar-refractivity contribution in [3.8, 4) is 5.69 Å². The molecule has 0 saturated carbocycles. The highest BCUT2D eigenvalue weighted by atomic mass is 32.1. The number of hydrogen-bond donors (Lipinski definition) is 1. The van der Waals surface area contributed by atoms with E-state index in [1.807, 2.05) is 47.2 Å². The number of benzene rings is 1. The van der Waals surface area contributed by atoms with Gasteiger partial charge in [-0.05, 0) is 48.6 Å². The normalized spacial score (nSPS) is 19.1. The summed E-state index contributed by atoms with van der Waals surface area (Å²) in [7, 11) is 1.67. The number of methoxy groups -OCH3 is 1. The summed E-state index contributed by atoms with van der Waals surface area (Å²) in [4.78, 5) is 6.61. The lowest BCUT2D eigenvalue weighted by atomic mass is 10.0. The maximum Gasteiger partial charge on any atom is 0.170 e. The van der Waals surface area contributed by atoms with Crippen LogP contribution in [0.3, 0.4) is 0 Å². The second kappa shape index (κ2) is 8.08. The fourth-order valence-electron chi connectivity index (χ4n) is 3.66. The first-order valence-electron chi connectivity index (χ1n) is 9.10. The standard InChI is InChI=1S/C21H21FN4OS/c1-27-14-13-26-20(19(24-21(26)28)16-8-4-5-11-23-16)18-10-6-12-25(18)17-9-3-2-7-15(17)22/h2-12,19-20H,13-14H2,1H3,(H,24,28)/t19-,20+/m1/s1. The number of hydrogen-bond acceptors (Lipinski definition) is 3. The fraction of sp³-hybridized carbons (Fsp3) is 0.238. The molecule has 0 aliphatic carbocycles. The van der Waals surface area contributed by atoms with E-state index in [1.54, 1.807) is 25.4 Å². The molecule has 28 heavy (non-hydrogen) atoms. The third-order valence-corrected chi connectivity index (χ3v) is 5.28. The van der Waals surface area contributed by atoms with E-state index >= 15 is 0 Å². The summed E-state index contributed by atoms with van der Waals surface area (Å²) in [5.74, 6) is -0.272. The molecule has 0 amide bonds. The van der Waals surface area contributed by atoms with Crippen LogP contribution in [0.15, 0.2) is 67.0 Å². The zero-order chi connectivity index (χ0) is 19.5. The molecule has 2 atom stereocenters. The van der Waals surface area contributed by atoms with E-state index in [9.17, 15) is 4.39 Å². The number of ether oxygens (including phenoxy) is 1. The molecule has 3 heterocycles. The summed E-state index contributed by atoms with van der Waals surface area (Å²) in [6.07, 6.45) is 3.64. The van der Waals surface area contributed by atoms with Gasteiger partial charge in [0.1, 0.15) is 5.82 Å². The largest absolute Gasteiger partial charge is 0.383 e. The second-order valence-electron chi connectivity index (χ2n) is 6.57. The lowest BCUT2D eigenvalue weighted by Gasteiger charge is -2.28. The summed E-state index contributed by atoms with van der Waals surface area (Å²) in [6.45, 7) is 1.16. The van der Waals surface area contributed by atoms with Crippen molar-refractivity contribution in [2.24, 2.45) is 0 Å². The Morgan fingerprint density at radius 2 is 1.96 bits per heavy atom. The fourth-order valence-corrected chi connectivity index (χ4v) is 3.99. The summed E-state index contributed by atoms with van der Waals surface area (Å²) >= 11 is 5.62. The minimum Gasteiger partial charge on any atom is -0.383 e. The van der Waals surface area contributed by atoms with Crippen LogP contribution in [0.4, 0.5) is 4.39 Å². The lowest BCUT2D eigenvalue weighted by Crippen LogP contribution is -2.33. The zero-order valence-electron chi connectivity index (χ0n) is 15.5. The molecule has 3 aromatic rings. The van der Waals surface area contributed by atoms with Crippen molar-refractivity contribution in [2.45, 2.75) is 12.1 Å². The molecule has 0 radical (unpaired) electrons. The molecule has 4 rings (SSSR count). The van der Waals surface area contributed by atoms with E-state index in [4.69, 9.17) is 17.0 Å². The van der Waals surface area contributed by atoms with Gasteiger partial charge in [0.05, 0.1) is 30.1 Å². The van der Waals surface area contributed by atoms with E-state index in [0.717, 1.165) is 11.4 Å². The first-order valence-corrected chi connectivity index (χ1v) is 9.50. The van der Waals surface area contributed by atoms with Crippen LogP contribution < -0.4 is 5.32 Å². The Bertz CT molecular complexity index is 962. The minimum atomic E-state index is -0.272. The van der Waals surface area contributed by atoms with E-state index in [2.05, 4.69) is 15.2 Å². The number of aromatic nitrogens is 2. The van der Waals surface area contributed by atoms with Crippen LogP contribution >= 0.6 is 12.2 Å². The van der Waals surface area contributed by atoms with Crippen molar-refractivity contribution in [3.63, 3.8) is 0 Å². The van der Waals surface area contributed by atoms with Crippen LogP contribution in [0.25, 0.3) is 5.69 Å².